The summed E-state index contributed by atoms with van der Waals surface area (Å²) in [4.78, 5) is 15.5. The molecule has 126 valence electrons. The molecule has 1 aliphatic carbocycles. The fourth-order valence-corrected chi connectivity index (χ4v) is 4.42. The molecule has 0 saturated heterocycles. The molecule has 0 unspecified atom stereocenters. The standard InChI is InChI=1S/C17H18N2O4S/c1-11-14-6-3-7-16(15(14)8-9-18-11)24(22,23)19-13-5-2-4-12(10-13)17(20)21/h2-3,5-9,12-13,19H,4,10H2,1H3,(H,20,21)/t12-,13-/m0/s1. The van der Waals surface area contributed by atoms with Crippen LogP contribution in [0, 0.1) is 12.8 Å². The summed E-state index contributed by atoms with van der Waals surface area (Å²) in [6, 6.07) is 6.21. The summed E-state index contributed by atoms with van der Waals surface area (Å²) in [6.45, 7) is 1.83. The van der Waals surface area contributed by atoms with Crippen LogP contribution < -0.4 is 4.72 Å². The lowest BCUT2D eigenvalue weighted by molar-refractivity contribution is -0.142. The Morgan fingerprint density at radius 3 is 2.83 bits per heavy atom. The minimum absolute atomic E-state index is 0.177. The second kappa shape index (κ2) is 6.33. The van der Waals surface area contributed by atoms with Crippen LogP contribution in [0.25, 0.3) is 10.8 Å². The number of aromatic nitrogens is 1. The van der Waals surface area contributed by atoms with Gasteiger partial charge < -0.3 is 5.11 Å². The van der Waals surface area contributed by atoms with E-state index in [-0.39, 0.29) is 11.3 Å². The topological polar surface area (TPSA) is 96.4 Å². The molecule has 2 aromatic rings. The number of carbonyl (C=O) groups is 1. The third-order valence-electron chi connectivity index (χ3n) is 4.24. The van der Waals surface area contributed by atoms with Gasteiger partial charge in [-0.3, -0.25) is 9.78 Å². The second-order valence-electron chi connectivity index (χ2n) is 5.91. The molecule has 2 atom stereocenters. The van der Waals surface area contributed by atoms with Gasteiger partial charge in [0, 0.05) is 28.7 Å². The number of carboxylic acid groups (broad SMARTS) is 1. The van der Waals surface area contributed by atoms with Crippen LogP contribution in [-0.2, 0) is 14.8 Å². The van der Waals surface area contributed by atoms with E-state index in [1.165, 1.54) is 0 Å². The molecular formula is C17H18N2O4S. The van der Waals surface area contributed by atoms with Crippen molar-refractivity contribution in [1.29, 1.82) is 0 Å². The molecule has 0 amide bonds. The van der Waals surface area contributed by atoms with Crippen molar-refractivity contribution in [3.63, 3.8) is 0 Å². The largest absolute Gasteiger partial charge is 0.481 e. The molecule has 0 fully saturated rings. The highest BCUT2D eigenvalue weighted by atomic mass is 32.2. The molecule has 0 saturated carbocycles. The molecule has 0 radical (unpaired) electrons. The fraction of sp³-hybridized carbons (Fsp3) is 0.294. The number of hydrogen-bond acceptors (Lipinski definition) is 4. The summed E-state index contributed by atoms with van der Waals surface area (Å²) in [6.07, 6.45) is 5.68. The van der Waals surface area contributed by atoms with E-state index in [0.717, 1.165) is 11.1 Å². The molecule has 1 aromatic heterocycles. The van der Waals surface area contributed by atoms with Crippen molar-refractivity contribution in [3.05, 3.63) is 48.3 Å². The van der Waals surface area contributed by atoms with Crippen molar-refractivity contribution < 1.29 is 18.3 Å². The SMILES string of the molecule is Cc1nccc2c(S(=O)(=O)N[C@H]3C=CC[C@H](C(=O)O)C3)cccc12. The number of nitrogens with one attached hydrogen (secondary N) is 1. The Kier molecular flexibility index (Phi) is 4.38. The zero-order chi connectivity index (χ0) is 17.3. The predicted octanol–water partition coefficient (Wildman–Crippen LogP) is 2.24. The molecule has 6 nitrogen and oxygen atoms in total. The maximum Gasteiger partial charge on any atom is 0.306 e. The van der Waals surface area contributed by atoms with Gasteiger partial charge >= 0.3 is 5.97 Å². The van der Waals surface area contributed by atoms with Gasteiger partial charge in [-0.1, -0.05) is 24.3 Å². The van der Waals surface area contributed by atoms with E-state index < -0.39 is 28.0 Å². The number of rotatable bonds is 4. The first kappa shape index (κ1) is 16.6. The Morgan fingerprint density at radius 2 is 2.08 bits per heavy atom. The van der Waals surface area contributed by atoms with E-state index in [4.69, 9.17) is 5.11 Å². The van der Waals surface area contributed by atoms with Crippen molar-refractivity contribution >= 4 is 26.8 Å². The number of sulfonamides is 1. The Morgan fingerprint density at radius 1 is 1.29 bits per heavy atom. The lowest BCUT2D eigenvalue weighted by Gasteiger charge is -2.23. The second-order valence-corrected chi connectivity index (χ2v) is 7.59. The molecule has 3 rings (SSSR count). The zero-order valence-corrected chi connectivity index (χ0v) is 14.0. The van der Waals surface area contributed by atoms with Gasteiger partial charge in [0.15, 0.2) is 0 Å². The smallest absolute Gasteiger partial charge is 0.306 e. The highest BCUT2D eigenvalue weighted by molar-refractivity contribution is 7.89. The number of nitrogens with zero attached hydrogens (tertiary/aromatic N) is 1. The average Bonchev–Trinajstić information content (AvgIpc) is 2.54. The van der Waals surface area contributed by atoms with Gasteiger partial charge in [-0.05, 0) is 31.9 Å². The Bertz CT molecular complexity index is 921. The van der Waals surface area contributed by atoms with Crippen molar-refractivity contribution in [2.45, 2.75) is 30.7 Å². The number of aryl methyl sites for hydroxylation is 1. The number of carboxylic acids is 1. The van der Waals surface area contributed by atoms with Gasteiger partial charge in [-0.25, -0.2) is 13.1 Å². The van der Waals surface area contributed by atoms with Gasteiger partial charge in [-0.15, -0.1) is 0 Å². The first-order chi connectivity index (χ1) is 11.4. The minimum Gasteiger partial charge on any atom is -0.481 e. The van der Waals surface area contributed by atoms with Crippen molar-refractivity contribution in [1.82, 2.24) is 9.71 Å². The summed E-state index contributed by atoms with van der Waals surface area (Å²) >= 11 is 0. The summed E-state index contributed by atoms with van der Waals surface area (Å²) in [5.41, 5.74) is 0.757. The van der Waals surface area contributed by atoms with Crippen molar-refractivity contribution in [2.24, 2.45) is 5.92 Å². The van der Waals surface area contributed by atoms with Crippen LogP contribution in [0.2, 0.25) is 0 Å². The third kappa shape index (κ3) is 3.18. The summed E-state index contributed by atoms with van der Waals surface area (Å²) in [5.74, 6) is -1.47. The van der Waals surface area contributed by atoms with Crippen molar-refractivity contribution in [3.8, 4) is 0 Å². The lowest BCUT2D eigenvalue weighted by Crippen LogP contribution is -2.37. The van der Waals surface area contributed by atoms with Gasteiger partial charge in [0.1, 0.15) is 0 Å². The Hall–Kier alpha value is -2.25. The molecule has 1 aromatic carbocycles. The molecule has 7 heteroatoms. The summed E-state index contributed by atoms with van der Waals surface area (Å²) in [7, 11) is -3.77. The van der Waals surface area contributed by atoms with Crippen molar-refractivity contribution in [2.75, 3.05) is 0 Å². The number of aliphatic carboxylic acids is 1. The van der Waals surface area contributed by atoms with Gasteiger partial charge in [-0.2, -0.15) is 0 Å². The highest BCUT2D eigenvalue weighted by Gasteiger charge is 2.28. The number of allylic oxidation sites excluding steroid dienone is 1. The van der Waals surface area contributed by atoms with Crippen LogP contribution in [0.1, 0.15) is 18.5 Å². The van der Waals surface area contributed by atoms with E-state index >= 15 is 0 Å². The van der Waals surface area contributed by atoms with Gasteiger partial charge in [0.25, 0.3) is 0 Å². The zero-order valence-electron chi connectivity index (χ0n) is 13.1. The normalized spacial score (nSPS) is 21.0. The molecule has 2 N–H and O–H groups in total. The van der Waals surface area contributed by atoms with Crippen LogP contribution in [-0.4, -0.2) is 30.5 Å². The lowest BCUT2D eigenvalue weighted by atomic mass is 9.92. The molecule has 0 aliphatic heterocycles. The average molecular weight is 346 g/mol. The van der Waals surface area contributed by atoms with E-state index in [0.29, 0.717) is 11.8 Å². The summed E-state index contributed by atoms with van der Waals surface area (Å²) in [5, 5.41) is 10.5. The predicted molar refractivity (Wildman–Crippen MR) is 90.1 cm³/mol. The summed E-state index contributed by atoms with van der Waals surface area (Å²) < 4.78 is 28.2. The first-order valence-corrected chi connectivity index (χ1v) is 9.13. The Balaban J connectivity index is 1.95. The van der Waals surface area contributed by atoms with Crippen LogP contribution >= 0.6 is 0 Å². The molecule has 0 spiro atoms. The number of hydrogen-bond donors (Lipinski definition) is 2. The number of pyridine rings is 1. The van der Waals surface area contributed by atoms with Crippen LogP contribution in [0.4, 0.5) is 0 Å². The van der Waals surface area contributed by atoms with Crippen LogP contribution in [0.3, 0.4) is 0 Å². The maximum atomic E-state index is 12.8. The monoisotopic (exact) mass is 346 g/mol. The number of benzene rings is 1. The molecule has 1 aliphatic rings. The number of fused-ring (bicyclic) bond motifs is 1. The fourth-order valence-electron chi connectivity index (χ4n) is 3.00. The molecule has 0 bridgehead atoms. The van der Waals surface area contributed by atoms with Crippen LogP contribution in [0.15, 0.2) is 47.5 Å². The van der Waals surface area contributed by atoms with E-state index in [9.17, 15) is 13.2 Å². The molecular weight excluding hydrogens is 328 g/mol. The van der Waals surface area contributed by atoms with E-state index in [1.54, 1.807) is 36.5 Å². The maximum absolute atomic E-state index is 12.8. The minimum atomic E-state index is -3.77. The first-order valence-electron chi connectivity index (χ1n) is 7.64. The van der Waals surface area contributed by atoms with Gasteiger partial charge in [0.2, 0.25) is 10.0 Å². The van der Waals surface area contributed by atoms with E-state index in [2.05, 4.69) is 9.71 Å². The highest BCUT2D eigenvalue weighted by Crippen LogP contribution is 2.26. The van der Waals surface area contributed by atoms with Crippen LogP contribution in [0.5, 0.6) is 0 Å². The molecule has 24 heavy (non-hydrogen) atoms. The molecule has 1 heterocycles. The third-order valence-corrected chi connectivity index (χ3v) is 5.79. The quantitative estimate of drug-likeness (QED) is 0.828. The Labute approximate surface area is 140 Å². The van der Waals surface area contributed by atoms with Gasteiger partial charge in [0.05, 0.1) is 10.8 Å². The van der Waals surface area contributed by atoms with E-state index in [1.807, 2.05) is 13.0 Å².